The second-order valence-corrected chi connectivity index (χ2v) is 6.95. The number of unbranched alkanes of at least 4 members (excludes halogenated alkanes) is 1. The van der Waals surface area contributed by atoms with Crippen LogP contribution in [0.4, 0.5) is 4.79 Å². The summed E-state index contributed by atoms with van der Waals surface area (Å²) in [5.74, 6) is -0.494. The molecule has 0 radical (unpaired) electrons. The highest BCUT2D eigenvalue weighted by Gasteiger charge is 2.28. The van der Waals surface area contributed by atoms with E-state index in [2.05, 4.69) is 5.32 Å². The van der Waals surface area contributed by atoms with Crippen LogP contribution in [0.1, 0.15) is 60.8 Å². The third kappa shape index (κ3) is 11.1. The number of amides is 1. The SMILES string of the molecule is CC(C)(C)OC(=O)N[C@H](CCCCO)C(=O)OC(C)(C)C. The second-order valence-electron chi connectivity index (χ2n) is 6.95. The first-order valence-corrected chi connectivity index (χ1v) is 7.28. The summed E-state index contributed by atoms with van der Waals surface area (Å²) in [6.45, 7) is 10.6. The highest BCUT2D eigenvalue weighted by Crippen LogP contribution is 2.13. The van der Waals surface area contributed by atoms with Crippen molar-refractivity contribution < 1.29 is 24.2 Å². The van der Waals surface area contributed by atoms with E-state index in [1.165, 1.54) is 0 Å². The van der Waals surface area contributed by atoms with Crippen LogP contribution in [0.3, 0.4) is 0 Å². The molecule has 0 fully saturated rings. The van der Waals surface area contributed by atoms with Gasteiger partial charge in [-0.25, -0.2) is 9.59 Å². The lowest BCUT2D eigenvalue weighted by Gasteiger charge is -2.26. The number of esters is 1. The number of rotatable bonds is 6. The molecule has 0 aromatic carbocycles. The Morgan fingerprint density at radius 3 is 1.95 bits per heavy atom. The molecule has 6 heteroatoms. The molecular weight excluding hydrogens is 274 g/mol. The van der Waals surface area contributed by atoms with Crippen molar-refractivity contribution in [2.45, 2.75) is 78.0 Å². The first-order valence-electron chi connectivity index (χ1n) is 7.28. The van der Waals surface area contributed by atoms with Crippen LogP contribution in [-0.4, -0.2) is 41.0 Å². The van der Waals surface area contributed by atoms with E-state index in [1.807, 2.05) is 0 Å². The van der Waals surface area contributed by atoms with Crippen LogP contribution < -0.4 is 5.32 Å². The maximum absolute atomic E-state index is 12.1. The first kappa shape index (κ1) is 19.7. The number of aliphatic hydroxyl groups excluding tert-OH is 1. The Bertz CT molecular complexity index is 341. The van der Waals surface area contributed by atoms with Gasteiger partial charge < -0.3 is 19.9 Å². The van der Waals surface area contributed by atoms with Crippen molar-refractivity contribution in [3.63, 3.8) is 0 Å². The lowest BCUT2D eigenvalue weighted by Crippen LogP contribution is -2.46. The van der Waals surface area contributed by atoms with Gasteiger partial charge >= 0.3 is 12.1 Å². The molecule has 0 aliphatic rings. The smallest absolute Gasteiger partial charge is 0.408 e. The van der Waals surface area contributed by atoms with Crippen molar-refractivity contribution in [2.24, 2.45) is 0 Å². The summed E-state index contributed by atoms with van der Waals surface area (Å²) in [6, 6.07) is -0.773. The van der Waals surface area contributed by atoms with Gasteiger partial charge in [0, 0.05) is 6.61 Å². The molecule has 0 heterocycles. The number of ether oxygens (including phenoxy) is 2. The molecule has 0 aromatic rings. The molecule has 0 aromatic heterocycles. The van der Waals surface area contributed by atoms with E-state index in [4.69, 9.17) is 14.6 Å². The quantitative estimate of drug-likeness (QED) is 0.581. The van der Waals surface area contributed by atoms with Crippen molar-refractivity contribution in [3.05, 3.63) is 0 Å². The maximum Gasteiger partial charge on any atom is 0.408 e. The summed E-state index contributed by atoms with van der Waals surface area (Å²) in [7, 11) is 0. The summed E-state index contributed by atoms with van der Waals surface area (Å²) in [5.41, 5.74) is -1.25. The van der Waals surface area contributed by atoms with Crippen LogP contribution in [-0.2, 0) is 14.3 Å². The number of aliphatic hydroxyl groups is 1. The lowest BCUT2D eigenvalue weighted by atomic mass is 10.1. The fourth-order valence-electron chi connectivity index (χ4n) is 1.53. The zero-order valence-electron chi connectivity index (χ0n) is 14.0. The summed E-state index contributed by atoms with van der Waals surface area (Å²) in [5, 5.41) is 11.3. The fraction of sp³-hybridized carbons (Fsp3) is 0.867. The molecule has 0 spiro atoms. The van der Waals surface area contributed by atoms with Crippen molar-refractivity contribution >= 4 is 12.1 Å². The molecular formula is C15H29NO5. The predicted octanol–water partition coefficient (Wildman–Crippen LogP) is 2.38. The molecule has 0 bridgehead atoms. The van der Waals surface area contributed by atoms with E-state index >= 15 is 0 Å². The second kappa shape index (κ2) is 8.22. The van der Waals surface area contributed by atoms with Crippen molar-refractivity contribution in [1.29, 1.82) is 0 Å². The molecule has 0 aliphatic heterocycles. The van der Waals surface area contributed by atoms with Gasteiger partial charge in [0.25, 0.3) is 0 Å². The minimum Gasteiger partial charge on any atom is -0.458 e. The number of hydrogen-bond donors (Lipinski definition) is 2. The van der Waals surface area contributed by atoms with E-state index in [0.717, 1.165) is 0 Å². The zero-order valence-corrected chi connectivity index (χ0v) is 14.0. The number of nitrogens with one attached hydrogen (secondary N) is 1. The monoisotopic (exact) mass is 303 g/mol. The molecule has 21 heavy (non-hydrogen) atoms. The topological polar surface area (TPSA) is 84.9 Å². The lowest BCUT2D eigenvalue weighted by molar-refractivity contribution is -0.157. The summed E-state index contributed by atoms with van der Waals surface area (Å²) < 4.78 is 10.4. The summed E-state index contributed by atoms with van der Waals surface area (Å²) >= 11 is 0. The summed E-state index contributed by atoms with van der Waals surface area (Å²) in [6.07, 6.45) is 0.919. The van der Waals surface area contributed by atoms with Gasteiger partial charge in [0.05, 0.1) is 0 Å². The van der Waals surface area contributed by atoms with Gasteiger partial charge in [-0.05, 0) is 60.8 Å². The van der Waals surface area contributed by atoms with Gasteiger partial charge in [-0.15, -0.1) is 0 Å². The predicted molar refractivity (Wildman–Crippen MR) is 79.9 cm³/mol. The zero-order chi connectivity index (χ0) is 16.7. The Morgan fingerprint density at radius 1 is 1.00 bits per heavy atom. The van der Waals surface area contributed by atoms with Gasteiger partial charge in [-0.3, -0.25) is 0 Å². The van der Waals surface area contributed by atoms with Gasteiger partial charge in [0.1, 0.15) is 17.2 Å². The van der Waals surface area contributed by atoms with Crippen LogP contribution in [0.2, 0.25) is 0 Å². The number of carbonyl (C=O) groups excluding carboxylic acids is 2. The van der Waals surface area contributed by atoms with Crippen LogP contribution in [0.25, 0.3) is 0 Å². The molecule has 0 unspecified atom stereocenters. The highest BCUT2D eigenvalue weighted by atomic mass is 16.6. The number of alkyl carbamates (subject to hydrolysis) is 1. The van der Waals surface area contributed by atoms with Crippen molar-refractivity contribution in [1.82, 2.24) is 5.32 Å². The van der Waals surface area contributed by atoms with Crippen LogP contribution in [0, 0.1) is 0 Å². The van der Waals surface area contributed by atoms with Crippen molar-refractivity contribution in [2.75, 3.05) is 6.61 Å². The normalized spacial score (nSPS) is 13.5. The molecule has 0 aliphatic carbocycles. The molecule has 0 saturated heterocycles. The van der Waals surface area contributed by atoms with E-state index in [1.54, 1.807) is 41.5 Å². The minimum atomic E-state index is -0.773. The van der Waals surface area contributed by atoms with Crippen LogP contribution in [0.5, 0.6) is 0 Å². The highest BCUT2D eigenvalue weighted by molar-refractivity contribution is 5.81. The fourth-order valence-corrected chi connectivity index (χ4v) is 1.53. The van der Waals surface area contributed by atoms with Gasteiger partial charge in [-0.2, -0.15) is 0 Å². The Balaban J connectivity index is 4.65. The standard InChI is InChI=1S/C15H29NO5/c1-14(2,3)20-12(18)11(9-7-8-10-17)16-13(19)21-15(4,5)6/h11,17H,7-10H2,1-6H3,(H,16,19)/t11-/m1/s1. The molecule has 2 N–H and O–H groups in total. The van der Waals surface area contributed by atoms with Gasteiger partial charge in [-0.1, -0.05) is 0 Å². The third-order valence-electron chi connectivity index (χ3n) is 2.28. The van der Waals surface area contributed by atoms with Crippen molar-refractivity contribution in [3.8, 4) is 0 Å². The average Bonchev–Trinajstić information content (AvgIpc) is 2.22. The molecule has 1 amide bonds. The molecule has 1 atom stereocenters. The van der Waals surface area contributed by atoms with E-state index < -0.39 is 29.3 Å². The summed E-state index contributed by atoms with van der Waals surface area (Å²) in [4.78, 5) is 23.9. The Kier molecular flexibility index (Phi) is 7.71. The largest absolute Gasteiger partial charge is 0.458 e. The third-order valence-corrected chi connectivity index (χ3v) is 2.28. The Labute approximate surface area is 127 Å². The number of carbonyl (C=O) groups is 2. The average molecular weight is 303 g/mol. The minimum absolute atomic E-state index is 0.0491. The van der Waals surface area contributed by atoms with E-state index in [9.17, 15) is 9.59 Å². The Morgan fingerprint density at radius 2 is 1.52 bits per heavy atom. The Hall–Kier alpha value is -1.30. The van der Waals surface area contributed by atoms with Gasteiger partial charge in [0.2, 0.25) is 0 Å². The molecule has 0 rings (SSSR count). The van der Waals surface area contributed by atoms with Crippen LogP contribution >= 0.6 is 0 Å². The van der Waals surface area contributed by atoms with E-state index in [0.29, 0.717) is 19.3 Å². The molecule has 6 nitrogen and oxygen atoms in total. The van der Waals surface area contributed by atoms with Crippen LogP contribution in [0.15, 0.2) is 0 Å². The number of hydrogen-bond acceptors (Lipinski definition) is 5. The maximum atomic E-state index is 12.1. The first-order chi connectivity index (χ1) is 9.44. The van der Waals surface area contributed by atoms with Gasteiger partial charge in [0.15, 0.2) is 0 Å². The molecule has 124 valence electrons. The molecule has 0 saturated carbocycles. The van der Waals surface area contributed by atoms with E-state index in [-0.39, 0.29) is 6.61 Å².